The molecule has 0 aromatic heterocycles. The minimum atomic E-state index is -4.13. The Bertz CT molecular complexity index is 1310. The summed E-state index contributed by atoms with van der Waals surface area (Å²) in [4.78, 5) is 27.8. The zero-order chi connectivity index (χ0) is 27.0. The number of nitrogens with zero attached hydrogens (tertiary/aromatic N) is 2. The van der Waals surface area contributed by atoms with E-state index in [1.807, 2.05) is 13.8 Å². The lowest BCUT2D eigenvalue weighted by molar-refractivity contribution is -0.139. The van der Waals surface area contributed by atoms with Gasteiger partial charge in [0.15, 0.2) is 0 Å². The summed E-state index contributed by atoms with van der Waals surface area (Å²) in [6.45, 7) is 4.98. The molecule has 0 bridgehead atoms. The van der Waals surface area contributed by atoms with Crippen LogP contribution in [0.4, 0.5) is 10.1 Å². The predicted molar refractivity (Wildman–Crippen MR) is 142 cm³/mol. The first-order valence-corrected chi connectivity index (χ1v) is 13.5. The molecule has 3 aromatic rings. The number of carbonyl (C=O) groups is 2. The maximum atomic E-state index is 14.5. The van der Waals surface area contributed by atoms with E-state index >= 15 is 0 Å². The molecule has 3 rings (SSSR count). The van der Waals surface area contributed by atoms with Crippen LogP contribution in [-0.4, -0.2) is 44.3 Å². The van der Waals surface area contributed by atoms with Crippen molar-refractivity contribution < 1.29 is 22.4 Å². The van der Waals surface area contributed by atoms with Gasteiger partial charge in [-0.15, -0.1) is 0 Å². The van der Waals surface area contributed by atoms with Gasteiger partial charge >= 0.3 is 0 Å². The van der Waals surface area contributed by atoms with Crippen LogP contribution in [0.2, 0.25) is 0 Å². The largest absolute Gasteiger partial charge is 0.354 e. The van der Waals surface area contributed by atoms with Crippen LogP contribution < -0.4 is 9.62 Å². The third-order valence-corrected chi connectivity index (χ3v) is 7.74. The number of carbonyl (C=O) groups excluding carboxylic acids is 2. The van der Waals surface area contributed by atoms with Gasteiger partial charge in [-0.3, -0.25) is 13.9 Å². The summed E-state index contributed by atoms with van der Waals surface area (Å²) in [6.07, 6.45) is 0.705. The van der Waals surface area contributed by atoms with Gasteiger partial charge in [0, 0.05) is 18.7 Å². The Morgan fingerprint density at radius 2 is 1.57 bits per heavy atom. The summed E-state index contributed by atoms with van der Waals surface area (Å²) in [5, 5.41) is 2.76. The second-order valence-electron chi connectivity index (χ2n) is 8.74. The van der Waals surface area contributed by atoms with Crippen LogP contribution in [0.25, 0.3) is 0 Å². The number of hydrogen-bond acceptors (Lipinski definition) is 4. The van der Waals surface area contributed by atoms with Gasteiger partial charge in [0.05, 0.1) is 10.6 Å². The van der Waals surface area contributed by atoms with Gasteiger partial charge in [-0.1, -0.05) is 61.0 Å². The smallest absolute Gasteiger partial charge is 0.264 e. The maximum Gasteiger partial charge on any atom is 0.264 e. The molecule has 1 N–H and O–H groups in total. The average Bonchev–Trinajstić information content (AvgIpc) is 2.90. The Kier molecular flexibility index (Phi) is 9.41. The molecule has 0 radical (unpaired) electrons. The molecule has 1 unspecified atom stereocenters. The minimum absolute atomic E-state index is 0.0257. The van der Waals surface area contributed by atoms with E-state index in [1.54, 1.807) is 55.5 Å². The number of halogens is 1. The van der Waals surface area contributed by atoms with Gasteiger partial charge in [0.2, 0.25) is 11.8 Å². The molecular formula is C28H32FN3O4S. The van der Waals surface area contributed by atoms with Crippen molar-refractivity contribution in [1.82, 2.24) is 10.2 Å². The third kappa shape index (κ3) is 6.95. The topological polar surface area (TPSA) is 86.8 Å². The third-order valence-electron chi connectivity index (χ3n) is 5.95. The van der Waals surface area contributed by atoms with Crippen LogP contribution in [0.15, 0.2) is 83.8 Å². The molecule has 0 fully saturated rings. The lowest BCUT2D eigenvalue weighted by atomic mass is 10.1. The number of sulfonamides is 1. The molecule has 7 nitrogen and oxygen atoms in total. The van der Waals surface area contributed by atoms with Crippen molar-refractivity contribution in [2.24, 2.45) is 0 Å². The fourth-order valence-electron chi connectivity index (χ4n) is 3.75. The van der Waals surface area contributed by atoms with Gasteiger partial charge in [0.1, 0.15) is 18.4 Å². The molecule has 0 aliphatic rings. The van der Waals surface area contributed by atoms with Gasteiger partial charge in [0.25, 0.3) is 10.0 Å². The molecule has 2 amide bonds. The second-order valence-corrected chi connectivity index (χ2v) is 10.6. The Labute approximate surface area is 218 Å². The number of hydrogen-bond donors (Lipinski definition) is 1. The first-order chi connectivity index (χ1) is 17.6. The van der Waals surface area contributed by atoms with Gasteiger partial charge in [-0.25, -0.2) is 12.8 Å². The van der Waals surface area contributed by atoms with Gasteiger partial charge in [-0.05, 0) is 50.6 Å². The van der Waals surface area contributed by atoms with E-state index in [1.165, 1.54) is 35.2 Å². The fraction of sp³-hybridized carbons (Fsp3) is 0.286. The van der Waals surface area contributed by atoms with Crippen LogP contribution in [-0.2, 0) is 26.2 Å². The molecule has 0 aliphatic carbocycles. The van der Waals surface area contributed by atoms with Crippen molar-refractivity contribution in [3.63, 3.8) is 0 Å². The maximum absolute atomic E-state index is 14.5. The van der Waals surface area contributed by atoms with Crippen molar-refractivity contribution in [3.8, 4) is 0 Å². The second kappa shape index (κ2) is 12.5. The number of aryl methyl sites for hydroxylation is 1. The Morgan fingerprint density at radius 3 is 2.19 bits per heavy atom. The van der Waals surface area contributed by atoms with Crippen LogP contribution in [0.3, 0.4) is 0 Å². The molecule has 196 valence electrons. The van der Waals surface area contributed by atoms with Crippen molar-refractivity contribution in [2.75, 3.05) is 17.4 Å². The fourth-order valence-corrected chi connectivity index (χ4v) is 5.18. The lowest BCUT2D eigenvalue weighted by Gasteiger charge is -2.32. The summed E-state index contributed by atoms with van der Waals surface area (Å²) in [7, 11) is -4.13. The number of benzene rings is 3. The van der Waals surface area contributed by atoms with E-state index in [0.29, 0.717) is 18.7 Å². The highest BCUT2D eigenvalue weighted by Crippen LogP contribution is 2.25. The minimum Gasteiger partial charge on any atom is -0.354 e. The number of anilines is 1. The van der Waals surface area contributed by atoms with E-state index in [2.05, 4.69) is 5.32 Å². The average molecular weight is 526 g/mol. The summed E-state index contributed by atoms with van der Waals surface area (Å²) < 4.78 is 42.8. The molecule has 3 aromatic carbocycles. The standard InChI is InChI=1S/C28H32FN3O4S/c1-4-18-30-28(34)22(3)31(19-23-10-8-9-13-26(23)29)27(33)20-32(24-16-14-21(2)15-17-24)37(35,36)25-11-6-5-7-12-25/h5-17,22H,4,18-20H2,1-3H3,(H,30,34). The van der Waals surface area contributed by atoms with Crippen LogP contribution in [0.5, 0.6) is 0 Å². The van der Waals surface area contributed by atoms with E-state index in [0.717, 1.165) is 9.87 Å². The number of amides is 2. The molecule has 0 spiro atoms. The van der Waals surface area contributed by atoms with E-state index in [-0.39, 0.29) is 17.0 Å². The molecule has 37 heavy (non-hydrogen) atoms. The number of rotatable bonds is 11. The highest BCUT2D eigenvalue weighted by molar-refractivity contribution is 7.92. The van der Waals surface area contributed by atoms with Crippen LogP contribution >= 0.6 is 0 Å². The van der Waals surface area contributed by atoms with Gasteiger partial charge < -0.3 is 10.2 Å². The highest BCUT2D eigenvalue weighted by Gasteiger charge is 2.32. The van der Waals surface area contributed by atoms with E-state index < -0.39 is 40.2 Å². The summed E-state index contributed by atoms with van der Waals surface area (Å²) in [6, 6.07) is 19.6. The van der Waals surface area contributed by atoms with Crippen LogP contribution in [0, 0.1) is 12.7 Å². The first kappa shape index (κ1) is 27.9. The Hall–Kier alpha value is -3.72. The van der Waals surface area contributed by atoms with Crippen molar-refractivity contribution in [2.45, 2.75) is 44.7 Å². The van der Waals surface area contributed by atoms with Crippen LogP contribution in [0.1, 0.15) is 31.4 Å². The van der Waals surface area contributed by atoms with E-state index in [9.17, 15) is 22.4 Å². The molecule has 0 saturated carbocycles. The monoisotopic (exact) mass is 525 g/mol. The summed E-state index contributed by atoms with van der Waals surface area (Å²) >= 11 is 0. The zero-order valence-corrected chi connectivity index (χ0v) is 22.0. The Balaban J connectivity index is 2.01. The normalized spacial score (nSPS) is 12.0. The Morgan fingerprint density at radius 1 is 0.946 bits per heavy atom. The lowest BCUT2D eigenvalue weighted by Crippen LogP contribution is -2.51. The summed E-state index contributed by atoms with van der Waals surface area (Å²) in [5.74, 6) is -1.56. The quantitative estimate of drug-likeness (QED) is 0.405. The molecule has 9 heteroatoms. The SMILES string of the molecule is CCCNC(=O)C(C)N(Cc1ccccc1F)C(=O)CN(c1ccc(C)cc1)S(=O)(=O)c1ccccc1. The molecule has 0 saturated heterocycles. The summed E-state index contributed by atoms with van der Waals surface area (Å²) in [5.41, 5.74) is 1.45. The predicted octanol–water partition coefficient (Wildman–Crippen LogP) is 4.27. The number of nitrogens with one attached hydrogen (secondary N) is 1. The molecule has 0 aliphatic heterocycles. The first-order valence-electron chi connectivity index (χ1n) is 12.1. The molecular weight excluding hydrogens is 493 g/mol. The molecule has 1 atom stereocenters. The van der Waals surface area contributed by atoms with Crippen molar-refractivity contribution in [1.29, 1.82) is 0 Å². The van der Waals surface area contributed by atoms with Gasteiger partial charge in [-0.2, -0.15) is 0 Å². The zero-order valence-electron chi connectivity index (χ0n) is 21.2. The van der Waals surface area contributed by atoms with Crippen molar-refractivity contribution >= 4 is 27.5 Å². The van der Waals surface area contributed by atoms with Crippen molar-refractivity contribution in [3.05, 3.63) is 95.8 Å². The van der Waals surface area contributed by atoms with E-state index in [4.69, 9.17) is 0 Å². The highest BCUT2D eigenvalue weighted by atomic mass is 32.2. The molecule has 0 heterocycles.